The third-order valence-electron chi connectivity index (χ3n) is 2.04. The number of hydrogen-bond acceptors (Lipinski definition) is 4. The van der Waals surface area contributed by atoms with Crippen LogP contribution in [0.15, 0.2) is 17.0 Å². The molecule has 0 amide bonds. The minimum absolute atomic E-state index is 0.292. The smallest absolute Gasteiger partial charge is 0.251 e. The second kappa shape index (κ2) is 5.13. The molecule has 0 atom stereocenters. The lowest BCUT2D eigenvalue weighted by Crippen LogP contribution is -2.09. The van der Waals surface area contributed by atoms with Crippen LogP contribution in [0.1, 0.15) is 5.69 Å². The quantitative estimate of drug-likeness (QED) is 0.858. The second-order valence-electron chi connectivity index (χ2n) is 3.25. The maximum absolute atomic E-state index is 13.2. The predicted octanol–water partition coefficient (Wildman–Crippen LogP) is 2.61. The van der Waals surface area contributed by atoms with Crippen LogP contribution in [0.3, 0.4) is 0 Å². The van der Waals surface area contributed by atoms with E-state index < -0.39 is 17.6 Å². The number of pyridine rings is 1. The average Bonchev–Trinajstić information content (AvgIpc) is 2.78. The molecule has 2 rings (SSSR count). The van der Waals surface area contributed by atoms with Gasteiger partial charge in [0.15, 0.2) is 17.5 Å². The fourth-order valence-electron chi connectivity index (χ4n) is 1.24. The van der Waals surface area contributed by atoms with Gasteiger partial charge in [-0.15, -0.1) is 11.3 Å². The van der Waals surface area contributed by atoms with Crippen molar-refractivity contribution in [3.8, 4) is 0 Å². The van der Waals surface area contributed by atoms with Crippen molar-refractivity contribution in [1.29, 1.82) is 0 Å². The highest BCUT2D eigenvalue weighted by molar-refractivity contribution is 7.07. The molecule has 0 radical (unpaired) electrons. The lowest BCUT2D eigenvalue weighted by Gasteiger charge is -2.05. The van der Waals surface area contributed by atoms with Crippen LogP contribution in [0.2, 0.25) is 0 Å². The molecule has 0 aromatic carbocycles. The van der Waals surface area contributed by atoms with Gasteiger partial charge in [0.05, 0.1) is 11.2 Å². The summed E-state index contributed by atoms with van der Waals surface area (Å²) in [5.41, 5.74) is 2.54. The molecule has 1 N–H and O–H groups in total. The number of nitrogens with zero attached hydrogens (tertiary/aromatic N) is 2. The first-order valence-electron chi connectivity index (χ1n) is 4.79. The monoisotopic (exact) mass is 259 g/mol. The summed E-state index contributed by atoms with van der Waals surface area (Å²) in [5, 5.41) is 4.45. The third-order valence-corrected chi connectivity index (χ3v) is 2.68. The zero-order chi connectivity index (χ0) is 12.3. The predicted molar refractivity (Wildman–Crippen MR) is 58.4 cm³/mol. The zero-order valence-electron chi connectivity index (χ0n) is 8.58. The molecule has 0 aliphatic rings. The molecule has 2 aromatic rings. The summed E-state index contributed by atoms with van der Waals surface area (Å²) in [5.74, 6) is -3.82. The van der Waals surface area contributed by atoms with Crippen LogP contribution in [0.25, 0.3) is 0 Å². The molecule has 90 valence electrons. The summed E-state index contributed by atoms with van der Waals surface area (Å²) in [6.07, 6.45) is 0.559. The van der Waals surface area contributed by atoms with Crippen LogP contribution >= 0.6 is 11.3 Å². The Morgan fingerprint density at radius 3 is 2.76 bits per heavy atom. The molecule has 0 spiro atoms. The Bertz CT molecular complexity index is 502. The number of nitrogens with one attached hydrogen (secondary N) is 1. The van der Waals surface area contributed by atoms with E-state index >= 15 is 0 Å². The highest BCUT2D eigenvalue weighted by atomic mass is 32.1. The first kappa shape index (κ1) is 11.8. The van der Waals surface area contributed by atoms with E-state index in [0.29, 0.717) is 19.0 Å². The van der Waals surface area contributed by atoms with Crippen molar-refractivity contribution in [1.82, 2.24) is 9.97 Å². The topological polar surface area (TPSA) is 37.8 Å². The van der Waals surface area contributed by atoms with Gasteiger partial charge in [-0.05, 0) is 0 Å². The van der Waals surface area contributed by atoms with Gasteiger partial charge in [-0.2, -0.15) is 9.37 Å². The van der Waals surface area contributed by atoms with Gasteiger partial charge in [0, 0.05) is 24.4 Å². The molecule has 7 heteroatoms. The molecule has 0 aliphatic carbocycles. The fourth-order valence-corrected chi connectivity index (χ4v) is 1.83. The largest absolute Gasteiger partial charge is 0.367 e. The summed E-state index contributed by atoms with van der Waals surface area (Å²) in [6.45, 7) is 0.346. The lowest BCUT2D eigenvalue weighted by atomic mass is 10.3. The number of hydrogen-bond donors (Lipinski definition) is 1. The van der Waals surface area contributed by atoms with Crippen LogP contribution in [0, 0.1) is 17.6 Å². The van der Waals surface area contributed by atoms with E-state index in [1.807, 2.05) is 5.38 Å². The van der Waals surface area contributed by atoms with E-state index in [2.05, 4.69) is 15.3 Å². The lowest BCUT2D eigenvalue weighted by molar-refractivity contribution is 0.466. The molecule has 0 saturated carbocycles. The van der Waals surface area contributed by atoms with E-state index in [4.69, 9.17) is 0 Å². The maximum atomic E-state index is 13.2. The Labute approximate surface area is 99.3 Å². The van der Waals surface area contributed by atoms with Crippen molar-refractivity contribution in [3.05, 3.63) is 40.2 Å². The standard InChI is InChI=1S/C10H8F3N3S/c11-7-3-8(12)10(16-9(7)13)14-2-1-6-4-17-5-15-6/h3-5H,1-2H2,(H,14,16). The number of aromatic nitrogens is 2. The normalized spacial score (nSPS) is 10.5. The van der Waals surface area contributed by atoms with Gasteiger partial charge >= 0.3 is 0 Å². The van der Waals surface area contributed by atoms with Crippen LogP contribution in [-0.2, 0) is 6.42 Å². The van der Waals surface area contributed by atoms with Crippen LogP contribution < -0.4 is 5.32 Å². The van der Waals surface area contributed by atoms with Gasteiger partial charge in [0.1, 0.15) is 0 Å². The molecule has 2 heterocycles. The van der Waals surface area contributed by atoms with Crippen molar-refractivity contribution in [2.45, 2.75) is 6.42 Å². The summed E-state index contributed by atoms with van der Waals surface area (Å²) >= 11 is 1.46. The zero-order valence-corrected chi connectivity index (χ0v) is 9.40. The fraction of sp³-hybridized carbons (Fsp3) is 0.200. The van der Waals surface area contributed by atoms with Crippen LogP contribution in [0.4, 0.5) is 19.0 Å². The minimum atomic E-state index is -1.32. The third kappa shape index (κ3) is 2.94. The summed E-state index contributed by atoms with van der Waals surface area (Å²) in [4.78, 5) is 7.18. The number of anilines is 1. The Balaban J connectivity index is 1.97. The molecule has 17 heavy (non-hydrogen) atoms. The molecular weight excluding hydrogens is 251 g/mol. The summed E-state index contributed by atoms with van der Waals surface area (Å²) < 4.78 is 38.5. The van der Waals surface area contributed by atoms with Gasteiger partial charge in [-0.1, -0.05) is 0 Å². The Hall–Kier alpha value is -1.63. The van der Waals surface area contributed by atoms with Crippen molar-refractivity contribution >= 4 is 17.2 Å². The van der Waals surface area contributed by atoms with E-state index in [0.717, 1.165) is 5.69 Å². The van der Waals surface area contributed by atoms with Gasteiger partial charge in [0.25, 0.3) is 5.95 Å². The first-order chi connectivity index (χ1) is 8.16. The maximum Gasteiger partial charge on any atom is 0.251 e. The van der Waals surface area contributed by atoms with E-state index in [1.54, 1.807) is 5.51 Å². The molecule has 0 bridgehead atoms. The van der Waals surface area contributed by atoms with Crippen molar-refractivity contribution < 1.29 is 13.2 Å². The number of rotatable bonds is 4. The first-order valence-corrected chi connectivity index (χ1v) is 5.73. The minimum Gasteiger partial charge on any atom is -0.367 e. The summed E-state index contributed by atoms with van der Waals surface area (Å²) in [6, 6.07) is 0.466. The van der Waals surface area contributed by atoms with Crippen molar-refractivity contribution in [2.24, 2.45) is 0 Å². The number of halogens is 3. The molecule has 0 fully saturated rings. The van der Waals surface area contributed by atoms with E-state index in [1.165, 1.54) is 11.3 Å². The highest BCUT2D eigenvalue weighted by Gasteiger charge is 2.10. The number of thiazole rings is 1. The molecule has 0 saturated heterocycles. The molecular formula is C10H8F3N3S. The molecule has 3 nitrogen and oxygen atoms in total. The SMILES string of the molecule is Fc1cc(F)c(NCCc2cscn2)nc1F. The Morgan fingerprint density at radius 1 is 1.24 bits per heavy atom. The van der Waals surface area contributed by atoms with Crippen LogP contribution in [-0.4, -0.2) is 16.5 Å². The Kier molecular flexibility index (Phi) is 3.58. The van der Waals surface area contributed by atoms with Gasteiger partial charge in [-0.3, -0.25) is 0 Å². The van der Waals surface area contributed by atoms with Gasteiger partial charge in [0.2, 0.25) is 0 Å². The second-order valence-corrected chi connectivity index (χ2v) is 3.97. The van der Waals surface area contributed by atoms with Gasteiger partial charge < -0.3 is 5.32 Å². The van der Waals surface area contributed by atoms with Gasteiger partial charge in [-0.25, -0.2) is 13.8 Å². The molecule has 0 aliphatic heterocycles. The molecule has 0 unspecified atom stereocenters. The molecule has 2 aromatic heterocycles. The average molecular weight is 259 g/mol. The van der Waals surface area contributed by atoms with E-state index in [9.17, 15) is 13.2 Å². The van der Waals surface area contributed by atoms with Crippen molar-refractivity contribution in [3.63, 3.8) is 0 Å². The highest BCUT2D eigenvalue weighted by Crippen LogP contribution is 2.14. The van der Waals surface area contributed by atoms with Crippen LogP contribution in [0.5, 0.6) is 0 Å². The Morgan fingerprint density at radius 2 is 2.06 bits per heavy atom. The van der Waals surface area contributed by atoms with Crippen molar-refractivity contribution in [2.75, 3.05) is 11.9 Å². The summed E-state index contributed by atoms with van der Waals surface area (Å²) in [7, 11) is 0. The van der Waals surface area contributed by atoms with E-state index in [-0.39, 0.29) is 5.82 Å².